The summed E-state index contributed by atoms with van der Waals surface area (Å²) in [7, 11) is 0. The number of nitro benzene ring substituents is 1. The topological polar surface area (TPSA) is 66.6 Å². The van der Waals surface area contributed by atoms with E-state index in [1.54, 1.807) is 12.1 Å². The standard InChI is InChI=1S/C13H17ClN2O3/c14-12-1-2-13(16(18)19)11(7-12)8-15-5-3-10(9-17)4-6-15/h1-2,7,10,17H,3-6,8-9H2. The van der Waals surface area contributed by atoms with Crippen molar-refractivity contribution >= 4 is 17.3 Å². The molecule has 1 aliphatic rings. The van der Waals surface area contributed by atoms with E-state index < -0.39 is 0 Å². The first-order valence-electron chi connectivity index (χ1n) is 6.36. The van der Waals surface area contributed by atoms with Crippen LogP contribution in [0.15, 0.2) is 18.2 Å². The Morgan fingerprint density at radius 3 is 2.68 bits per heavy atom. The number of aliphatic hydroxyl groups excluding tert-OH is 1. The van der Waals surface area contributed by atoms with Gasteiger partial charge < -0.3 is 5.11 Å². The number of halogens is 1. The lowest BCUT2D eigenvalue weighted by Crippen LogP contribution is -2.34. The van der Waals surface area contributed by atoms with E-state index >= 15 is 0 Å². The van der Waals surface area contributed by atoms with Gasteiger partial charge >= 0.3 is 0 Å². The van der Waals surface area contributed by atoms with Crippen molar-refractivity contribution in [1.82, 2.24) is 4.90 Å². The Balaban J connectivity index is 2.06. The molecule has 0 bridgehead atoms. The molecule has 6 heteroatoms. The summed E-state index contributed by atoms with van der Waals surface area (Å²) in [6.07, 6.45) is 1.87. The molecule has 1 fully saturated rings. The van der Waals surface area contributed by atoms with Gasteiger partial charge in [-0.1, -0.05) is 11.6 Å². The van der Waals surface area contributed by atoms with Gasteiger partial charge in [-0.15, -0.1) is 0 Å². The van der Waals surface area contributed by atoms with Crippen LogP contribution in [0.25, 0.3) is 0 Å². The van der Waals surface area contributed by atoms with Crippen LogP contribution in [0.3, 0.4) is 0 Å². The van der Waals surface area contributed by atoms with E-state index in [0.717, 1.165) is 25.9 Å². The van der Waals surface area contributed by atoms with E-state index in [9.17, 15) is 10.1 Å². The zero-order chi connectivity index (χ0) is 13.8. The number of hydrogen-bond donors (Lipinski definition) is 1. The molecule has 0 atom stereocenters. The zero-order valence-corrected chi connectivity index (χ0v) is 11.3. The summed E-state index contributed by atoms with van der Waals surface area (Å²) in [5.74, 6) is 0.366. The molecular formula is C13H17ClN2O3. The van der Waals surface area contributed by atoms with E-state index in [1.165, 1.54) is 6.07 Å². The smallest absolute Gasteiger partial charge is 0.273 e. The third kappa shape index (κ3) is 3.65. The van der Waals surface area contributed by atoms with Gasteiger partial charge in [0.25, 0.3) is 5.69 Å². The Hall–Kier alpha value is -1.17. The monoisotopic (exact) mass is 284 g/mol. The van der Waals surface area contributed by atoms with Gasteiger partial charge in [-0.25, -0.2) is 0 Å². The van der Waals surface area contributed by atoms with Gasteiger partial charge in [0, 0.05) is 29.8 Å². The van der Waals surface area contributed by atoms with Crippen molar-refractivity contribution in [3.05, 3.63) is 38.9 Å². The maximum absolute atomic E-state index is 11.0. The molecule has 2 rings (SSSR count). The number of aliphatic hydroxyl groups is 1. The highest BCUT2D eigenvalue weighted by molar-refractivity contribution is 6.30. The molecule has 0 radical (unpaired) electrons. The molecule has 1 aliphatic heterocycles. The number of likely N-dealkylation sites (tertiary alicyclic amines) is 1. The van der Waals surface area contributed by atoms with Crippen molar-refractivity contribution in [3.8, 4) is 0 Å². The maximum atomic E-state index is 11.0. The fourth-order valence-electron chi connectivity index (χ4n) is 2.43. The van der Waals surface area contributed by atoms with Crippen molar-refractivity contribution in [2.75, 3.05) is 19.7 Å². The maximum Gasteiger partial charge on any atom is 0.273 e. The Labute approximate surface area is 116 Å². The molecular weight excluding hydrogens is 268 g/mol. The summed E-state index contributed by atoms with van der Waals surface area (Å²) in [6.45, 7) is 2.48. The van der Waals surface area contributed by atoms with E-state index in [1.807, 2.05) is 0 Å². The fourth-order valence-corrected chi connectivity index (χ4v) is 2.62. The van der Waals surface area contributed by atoms with Gasteiger partial charge in [-0.2, -0.15) is 0 Å². The molecule has 0 aromatic heterocycles. The molecule has 1 aromatic rings. The van der Waals surface area contributed by atoms with Gasteiger partial charge in [-0.3, -0.25) is 15.0 Å². The average Bonchev–Trinajstić information content (AvgIpc) is 2.39. The van der Waals surface area contributed by atoms with Gasteiger partial charge in [0.1, 0.15) is 0 Å². The summed E-state index contributed by atoms with van der Waals surface area (Å²) in [5.41, 5.74) is 0.772. The van der Waals surface area contributed by atoms with E-state index in [0.29, 0.717) is 23.0 Å². The molecule has 1 saturated heterocycles. The van der Waals surface area contributed by atoms with Gasteiger partial charge in [-0.05, 0) is 44.0 Å². The summed E-state index contributed by atoms with van der Waals surface area (Å²) in [6, 6.07) is 4.66. The van der Waals surface area contributed by atoms with Crippen LogP contribution in [0.5, 0.6) is 0 Å². The molecule has 0 aliphatic carbocycles. The number of piperidine rings is 1. The first-order chi connectivity index (χ1) is 9.10. The largest absolute Gasteiger partial charge is 0.396 e. The lowest BCUT2D eigenvalue weighted by Gasteiger charge is -2.30. The Morgan fingerprint density at radius 1 is 1.42 bits per heavy atom. The lowest BCUT2D eigenvalue weighted by atomic mass is 9.97. The van der Waals surface area contributed by atoms with Gasteiger partial charge in [0.15, 0.2) is 0 Å². The molecule has 104 valence electrons. The van der Waals surface area contributed by atoms with Gasteiger partial charge in [0.05, 0.1) is 4.92 Å². The second-order valence-corrected chi connectivity index (χ2v) is 5.37. The van der Waals surface area contributed by atoms with Gasteiger partial charge in [0.2, 0.25) is 0 Å². The number of rotatable bonds is 4. The van der Waals surface area contributed by atoms with E-state index in [-0.39, 0.29) is 17.2 Å². The first-order valence-corrected chi connectivity index (χ1v) is 6.74. The predicted molar refractivity (Wildman–Crippen MR) is 73.2 cm³/mol. The van der Waals surface area contributed by atoms with Crippen LogP contribution in [0.1, 0.15) is 18.4 Å². The van der Waals surface area contributed by atoms with Crippen LogP contribution in [0, 0.1) is 16.0 Å². The Morgan fingerprint density at radius 2 is 2.11 bits per heavy atom. The first kappa shape index (κ1) is 14.2. The fraction of sp³-hybridized carbons (Fsp3) is 0.538. The number of benzene rings is 1. The van der Waals surface area contributed by atoms with Crippen LogP contribution in [0.2, 0.25) is 5.02 Å². The minimum atomic E-state index is -0.369. The third-order valence-corrected chi connectivity index (χ3v) is 3.83. The van der Waals surface area contributed by atoms with Crippen molar-refractivity contribution in [2.24, 2.45) is 5.92 Å². The number of nitro groups is 1. The molecule has 1 aromatic carbocycles. The number of nitrogens with zero attached hydrogens (tertiary/aromatic N) is 2. The molecule has 0 spiro atoms. The highest BCUT2D eigenvalue weighted by Crippen LogP contribution is 2.26. The van der Waals surface area contributed by atoms with Crippen LogP contribution >= 0.6 is 11.6 Å². The van der Waals surface area contributed by atoms with Crippen molar-refractivity contribution in [1.29, 1.82) is 0 Å². The molecule has 5 nitrogen and oxygen atoms in total. The van der Waals surface area contributed by atoms with Crippen molar-refractivity contribution in [3.63, 3.8) is 0 Å². The van der Waals surface area contributed by atoms with Crippen molar-refractivity contribution < 1.29 is 10.0 Å². The molecule has 1 N–H and O–H groups in total. The second kappa shape index (κ2) is 6.32. The average molecular weight is 285 g/mol. The molecule has 19 heavy (non-hydrogen) atoms. The van der Waals surface area contributed by atoms with Crippen molar-refractivity contribution in [2.45, 2.75) is 19.4 Å². The Bertz CT molecular complexity index is 459. The molecule has 0 amide bonds. The second-order valence-electron chi connectivity index (χ2n) is 4.93. The summed E-state index contributed by atoms with van der Waals surface area (Å²) >= 11 is 5.91. The third-order valence-electron chi connectivity index (χ3n) is 3.60. The van der Waals surface area contributed by atoms with Crippen LogP contribution < -0.4 is 0 Å². The Kier molecular flexibility index (Phi) is 4.74. The minimum absolute atomic E-state index is 0.119. The quantitative estimate of drug-likeness (QED) is 0.681. The highest BCUT2D eigenvalue weighted by atomic mass is 35.5. The SMILES string of the molecule is O=[N+]([O-])c1ccc(Cl)cc1CN1CCC(CO)CC1. The molecule has 0 unspecified atom stereocenters. The predicted octanol–water partition coefficient (Wildman–Crippen LogP) is 2.45. The summed E-state index contributed by atoms with van der Waals surface area (Å²) < 4.78 is 0. The van der Waals surface area contributed by atoms with Crippen LogP contribution in [-0.2, 0) is 6.54 Å². The van der Waals surface area contributed by atoms with Crippen LogP contribution in [0.4, 0.5) is 5.69 Å². The molecule has 1 heterocycles. The number of hydrogen-bond acceptors (Lipinski definition) is 4. The minimum Gasteiger partial charge on any atom is -0.396 e. The van der Waals surface area contributed by atoms with E-state index in [4.69, 9.17) is 16.7 Å². The highest BCUT2D eigenvalue weighted by Gasteiger charge is 2.21. The zero-order valence-electron chi connectivity index (χ0n) is 10.6. The molecule has 0 saturated carbocycles. The van der Waals surface area contributed by atoms with Crippen LogP contribution in [-0.4, -0.2) is 34.6 Å². The summed E-state index contributed by atoms with van der Waals surface area (Å²) in [5, 5.41) is 20.6. The van der Waals surface area contributed by atoms with E-state index in [2.05, 4.69) is 4.90 Å². The normalized spacial score (nSPS) is 17.6. The summed E-state index contributed by atoms with van der Waals surface area (Å²) in [4.78, 5) is 12.8. The lowest BCUT2D eigenvalue weighted by molar-refractivity contribution is -0.385.